The van der Waals surface area contributed by atoms with Crippen LogP contribution in [0.4, 0.5) is 17.6 Å². The molecular formula is C20H17F4N3O2S. The first-order valence-electron chi connectivity index (χ1n) is 9.14. The SMILES string of the molecule is CC(=O)N1N=C(c2cc(F)ccc2F)S[C@]12c1cc(F)cc(F)c1OC[C@H]2CCN. The Balaban J connectivity index is 1.94. The molecule has 2 N–H and O–H groups in total. The zero-order valence-corrected chi connectivity index (χ0v) is 16.6. The molecule has 2 aliphatic heterocycles. The number of ether oxygens (including phenoxy) is 1. The van der Waals surface area contributed by atoms with Crippen LogP contribution in [0.3, 0.4) is 0 Å². The van der Waals surface area contributed by atoms with Gasteiger partial charge in [0.2, 0.25) is 5.91 Å². The van der Waals surface area contributed by atoms with Gasteiger partial charge in [-0.2, -0.15) is 5.10 Å². The van der Waals surface area contributed by atoms with Crippen molar-refractivity contribution in [3.8, 4) is 5.75 Å². The predicted molar refractivity (Wildman–Crippen MR) is 104 cm³/mol. The first-order chi connectivity index (χ1) is 14.3. The number of hydrogen-bond acceptors (Lipinski definition) is 5. The highest BCUT2D eigenvalue weighted by molar-refractivity contribution is 8.15. The molecule has 0 radical (unpaired) electrons. The van der Waals surface area contributed by atoms with E-state index < -0.39 is 40.0 Å². The zero-order chi connectivity index (χ0) is 21.6. The summed E-state index contributed by atoms with van der Waals surface area (Å²) in [5, 5.41) is 5.33. The van der Waals surface area contributed by atoms with Gasteiger partial charge >= 0.3 is 0 Å². The van der Waals surface area contributed by atoms with Crippen LogP contribution in [0.15, 0.2) is 35.4 Å². The molecule has 0 bridgehead atoms. The van der Waals surface area contributed by atoms with Crippen molar-refractivity contribution in [1.29, 1.82) is 0 Å². The molecule has 2 aliphatic rings. The molecule has 2 aromatic rings. The van der Waals surface area contributed by atoms with Crippen molar-refractivity contribution in [2.24, 2.45) is 16.8 Å². The molecule has 0 fully saturated rings. The number of amides is 1. The lowest BCUT2D eigenvalue weighted by Crippen LogP contribution is -2.51. The van der Waals surface area contributed by atoms with E-state index >= 15 is 0 Å². The summed E-state index contributed by atoms with van der Waals surface area (Å²) in [6, 6.07) is 4.63. The van der Waals surface area contributed by atoms with Gasteiger partial charge < -0.3 is 10.5 Å². The van der Waals surface area contributed by atoms with Gasteiger partial charge in [0.05, 0.1) is 6.61 Å². The van der Waals surface area contributed by atoms with Crippen LogP contribution in [0, 0.1) is 29.2 Å². The summed E-state index contributed by atoms with van der Waals surface area (Å²) in [6.45, 7) is 1.43. The maximum absolute atomic E-state index is 14.5. The van der Waals surface area contributed by atoms with Gasteiger partial charge in [-0.3, -0.25) is 4.79 Å². The number of thioether (sulfide) groups is 1. The molecule has 0 aliphatic carbocycles. The predicted octanol–water partition coefficient (Wildman–Crippen LogP) is 3.71. The summed E-state index contributed by atoms with van der Waals surface area (Å²) in [6.07, 6.45) is 0.336. The number of carbonyl (C=O) groups excluding carboxylic acids is 1. The molecule has 1 amide bonds. The second-order valence-electron chi connectivity index (χ2n) is 7.01. The lowest BCUT2D eigenvalue weighted by Gasteiger charge is -2.45. The first-order valence-corrected chi connectivity index (χ1v) is 9.95. The third kappa shape index (κ3) is 3.14. The van der Waals surface area contributed by atoms with Crippen LogP contribution in [0.25, 0.3) is 0 Å². The monoisotopic (exact) mass is 439 g/mol. The third-order valence-electron chi connectivity index (χ3n) is 5.11. The third-order valence-corrected chi connectivity index (χ3v) is 6.64. The summed E-state index contributed by atoms with van der Waals surface area (Å²) < 4.78 is 62.5. The van der Waals surface area contributed by atoms with Gasteiger partial charge in [-0.1, -0.05) is 11.8 Å². The van der Waals surface area contributed by atoms with Crippen LogP contribution in [-0.4, -0.2) is 29.1 Å². The standard InChI is InChI=1S/C20H17F4N3O2S/c1-10(28)27-20(30-19(26-27)14-6-12(21)2-3-16(14)23)11(4-5-25)9-29-18-15(20)7-13(22)8-17(18)24/h2-3,6-8,11H,4-5,9,25H2,1H3/t11-,20-/m1/s1. The normalized spacial score (nSPS) is 22.7. The average Bonchev–Trinajstić information content (AvgIpc) is 3.08. The summed E-state index contributed by atoms with van der Waals surface area (Å²) in [7, 11) is 0. The molecule has 0 saturated heterocycles. The molecule has 0 aromatic heterocycles. The van der Waals surface area contributed by atoms with Gasteiger partial charge in [-0.15, -0.1) is 0 Å². The van der Waals surface area contributed by atoms with Crippen LogP contribution in [-0.2, 0) is 9.67 Å². The van der Waals surface area contributed by atoms with Crippen LogP contribution < -0.4 is 10.5 Å². The Morgan fingerprint density at radius 1 is 1.23 bits per heavy atom. The number of fused-ring (bicyclic) bond motifs is 2. The molecule has 2 heterocycles. The Morgan fingerprint density at radius 3 is 2.70 bits per heavy atom. The Labute approximate surface area is 173 Å². The Kier molecular flexibility index (Phi) is 5.23. The maximum Gasteiger partial charge on any atom is 0.241 e. The molecule has 0 saturated carbocycles. The fourth-order valence-corrected chi connectivity index (χ4v) is 5.40. The largest absolute Gasteiger partial charge is 0.490 e. The summed E-state index contributed by atoms with van der Waals surface area (Å²) in [5.41, 5.74) is 5.64. The van der Waals surface area contributed by atoms with E-state index in [0.717, 1.165) is 41.0 Å². The molecule has 1 spiro atoms. The van der Waals surface area contributed by atoms with Gasteiger partial charge in [-0.05, 0) is 37.2 Å². The molecule has 0 unspecified atom stereocenters. The molecule has 2 aromatic carbocycles. The smallest absolute Gasteiger partial charge is 0.241 e. The van der Waals surface area contributed by atoms with E-state index in [0.29, 0.717) is 12.5 Å². The van der Waals surface area contributed by atoms with Crippen molar-refractivity contribution < 1.29 is 27.1 Å². The Hall–Kier alpha value is -2.59. The highest BCUT2D eigenvalue weighted by Crippen LogP contribution is 2.58. The van der Waals surface area contributed by atoms with E-state index in [-0.39, 0.29) is 35.1 Å². The highest BCUT2D eigenvalue weighted by Gasteiger charge is 2.57. The summed E-state index contributed by atoms with van der Waals surface area (Å²) in [5.74, 6) is -4.47. The van der Waals surface area contributed by atoms with Gasteiger partial charge in [0.25, 0.3) is 0 Å². The highest BCUT2D eigenvalue weighted by atomic mass is 32.2. The molecular weight excluding hydrogens is 422 g/mol. The van der Waals surface area contributed by atoms with E-state index in [4.69, 9.17) is 10.5 Å². The van der Waals surface area contributed by atoms with Crippen LogP contribution in [0.5, 0.6) is 5.75 Å². The topological polar surface area (TPSA) is 67.9 Å². The van der Waals surface area contributed by atoms with Crippen molar-refractivity contribution in [3.05, 3.63) is 64.7 Å². The molecule has 10 heteroatoms. The Morgan fingerprint density at radius 2 is 2.00 bits per heavy atom. The second kappa shape index (κ2) is 7.59. The Bertz CT molecular complexity index is 1060. The van der Waals surface area contributed by atoms with E-state index in [1.54, 1.807) is 0 Å². The van der Waals surface area contributed by atoms with E-state index in [9.17, 15) is 22.4 Å². The number of hydrogen-bond donors (Lipinski definition) is 1. The minimum Gasteiger partial charge on any atom is -0.490 e. The number of halogens is 4. The number of benzene rings is 2. The molecule has 30 heavy (non-hydrogen) atoms. The quantitative estimate of drug-likeness (QED) is 0.741. The summed E-state index contributed by atoms with van der Waals surface area (Å²) >= 11 is 0.934. The van der Waals surface area contributed by atoms with Crippen LogP contribution in [0.2, 0.25) is 0 Å². The van der Waals surface area contributed by atoms with Crippen LogP contribution in [0.1, 0.15) is 24.5 Å². The van der Waals surface area contributed by atoms with Gasteiger partial charge in [0.1, 0.15) is 22.5 Å². The number of nitrogens with two attached hydrogens (primary N) is 1. The number of hydrazone groups is 1. The van der Waals surface area contributed by atoms with Crippen LogP contribution >= 0.6 is 11.8 Å². The fraction of sp³-hybridized carbons (Fsp3) is 0.300. The minimum absolute atomic E-state index is 0.0155. The van der Waals surface area contributed by atoms with Gasteiger partial charge in [-0.25, -0.2) is 22.6 Å². The van der Waals surface area contributed by atoms with Crippen molar-refractivity contribution in [1.82, 2.24) is 5.01 Å². The molecule has 158 valence electrons. The first kappa shape index (κ1) is 20.7. The molecule has 5 nitrogen and oxygen atoms in total. The number of rotatable bonds is 3. The van der Waals surface area contributed by atoms with Gasteiger partial charge in [0.15, 0.2) is 16.4 Å². The van der Waals surface area contributed by atoms with Crippen molar-refractivity contribution in [3.63, 3.8) is 0 Å². The average molecular weight is 439 g/mol. The van der Waals surface area contributed by atoms with Crippen molar-refractivity contribution in [2.45, 2.75) is 18.2 Å². The number of carbonyl (C=O) groups is 1. The lowest BCUT2D eigenvalue weighted by atomic mass is 9.86. The zero-order valence-electron chi connectivity index (χ0n) is 15.8. The fourth-order valence-electron chi connectivity index (χ4n) is 3.85. The second-order valence-corrected chi connectivity index (χ2v) is 8.22. The number of nitrogens with zero attached hydrogens (tertiary/aromatic N) is 2. The van der Waals surface area contributed by atoms with E-state index in [1.807, 2.05) is 0 Å². The molecule has 4 rings (SSSR count). The van der Waals surface area contributed by atoms with E-state index in [1.165, 1.54) is 6.92 Å². The van der Waals surface area contributed by atoms with Gasteiger partial charge in [0, 0.05) is 30.0 Å². The van der Waals surface area contributed by atoms with Crippen molar-refractivity contribution >= 4 is 22.7 Å². The van der Waals surface area contributed by atoms with E-state index in [2.05, 4.69) is 5.10 Å². The minimum atomic E-state index is -1.42. The lowest BCUT2D eigenvalue weighted by molar-refractivity contribution is -0.134. The van der Waals surface area contributed by atoms with Crippen molar-refractivity contribution in [2.75, 3.05) is 13.2 Å². The summed E-state index contributed by atoms with van der Waals surface area (Å²) in [4.78, 5) is 11.1. The maximum atomic E-state index is 14.5. The molecule has 2 atom stereocenters.